The molecule has 0 radical (unpaired) electrons. The second kappa shape index (κ2) is 4.34. The zero-order valence-electron chi connectivity index (χ0n) is 9.94. The highest BCUT2D eigenvalue weighted by Crippen LogP contribution is 2.26. The lowest BCUT2D eigenvalue weighted by atomic mass is 10.1. The average molecular weight is 253 g/mol. The van der Waals surface area contributed by atoms with E-state index in [4.69, 9.17) is 9.47 Å². The number of nitrogens with zero attached hydrogens (tertiary/aromatic N) is 2. The summed E-state index contributed by atoms with van der Waals surface area (Å²) in [6.07, 6.45) is 2.06. The van der Waals surface area contributed by atoms with Crippen molar-refractivity contribution in [3.63, 3.8) is 0 Å². The molecule has 7 nitrogen and oxygen atoms in total. The number of aliphatic hydroxyl groups is 1. The largest absolute Gasteiger partial charge is 0.388 e. The van der Waals surface area contributed by atoms with Gasteiger partial charge in [0.1, 0.15) is 18.3 Å². The Hall–Kier alpha value is -1.44. The third-order valence-electron chi connectivity index (χ3n) is 3.37. The number of aryl methyl sites for hydroxylation is 1. The van der Waals surface area contributed by atoms with Gasteiger partial charge >= 0.3 is 0 Å². The van der Waals surface area contributed by atoms with Gasteiger partial charge in [-0.3, -0.25) is 4.79 Å². The Labute approximate surface area is 104 Å². The van der Waals surface area contributed by atoms with Crippen molar-refractivity contribution in [1.29, 1.82) is 0 Å². The van der Waals surface area contributed by atoms with E-state index < -0.39 is 6.10 Å². The topological polar surface area (TPSA) is 85.6 Å². The van der Waals surface area contributed by atoms with Crippen LogP contribution in [-0.4, -0.2) is 58.1 Å². The molecule has 3 heterocycles. The Morgan fingerprint density at radius 2 is 2.28 bits per heavy atom. The van der Waals surface area contributed by atoms with E-state index in [0.29, 0.717) is 12.4 Å². The van der Waals surface area contributed by atoms with Gasteiger partial charge in [-0.25, -0.2) is 4.98 Å². The first-order valence-corrected chi connectivity index (χ1v) is 5.86. The van der Waals surface area contributed by atoms with Crippen molar-refractivity contribution in [3.8, 4) is 0 Å². The molecule has 1 aromatic heterocycles. The Bertz CT molecular complexity index is 461. The van der Waals surface area contributed by atoms with Crippen LogP contribution in [0.4, 0.5) is 0 Å². The number of carbonyl (C=O) groups excluding carboxylic acids is 1. The lowest BCUT2D eigenvalue weighted by molar-refractivity contribution is 0.0178. The molecule has 1 aromatic rings. The summed E-state index contributed by atoms with van der Waals surface area (Å²) < 4.78 is 12.5. The van der Waals surface area contributed by atoms with Crippen LogP contribution in [0.15, 0.2) is 12.4 Å². The predicted molar refractivity (Wildman–Crippen MR) is 59.9 cm³/mol. The van der Waals surface area contributed by atoms with Gasteiger partial charge in [0, 0.05) is 19.4 Å². The van der Waals surface area contributed by atoms with Gasteiger partial charge in [-0.05, 0) is 0 Å². The predicted octanol–water partition coefficient (Wildman–Crippen LogP) is -1.32. The summed E-state index contributed by atoms with van der Waals surface area (Å²) in [5.74, 6) is 0.0822. The van der Waals surface area contributed by atoms with Gasteiger partial charge < -0.3 is 24.5 Å². The van der Waals surface area contributed by atoms with Crippen molar-refractivity contribution in [2.75, 3.05) is 13.2 Å². The van der Waals surface area contributed by atoms with Crippen molar-refractivity contribution < 1.29 is 19.4 Å². The molecule has 3 rings (SSSR count). The molecule has 18 heavy (non-hydrogen) atoms. The summed E-state index contributed by atoms with van der Waals surface area (Å²) in [6.45, 7) is 0.604. The zero-order valence-corrected chi connectivity index (χ0v) is 9.94. The number of hydrogen-bond acceptors (Lipinski definition) is 5. The lowest BCUT2D eigenvalue weighted by Gasteiger charge is -2.17. The third-order valence-corrected chi connectivity index (χ3v) is 3.37. The summed E-state index contributed by atoms with van der Waals surface area (Å²) in [7, 11) is 1.76. The Morgan fingerprint density at radius 1 is 1.50 bits per heavy atom. The van der Waals surface area contributed by atoms with Crippen molar-refractivity contribution in [1.82, 2.24) is 14.9 Å². The van der Waals surface area contributed by atoms with Crippen LogP contribution < -0.4 is 5.32 Å². The summed E-state index contributed by atoms with van der Waals surface area (Å²) in [5, 5.41) is 12.4. The molecule has 2 N–H and O–H groups in total. The standard InChI is InChI=1S/C11H15N3O4/c1-14-3-2-12-10(14)11(16)13-6-4-17-9-7(15)5-18-8(6)9/h2-3,6-9,15H,4-5H2,1H3,(H,13,16)/t6-,7-,8-,9-/m1/s1. The molecule has 0 bridgehead atoms. The maximum Gasteiger partial charge on any atom is 0.287 e. The number of amides is 1. The first kappa shape index (κ1) is 11.6. The number of hydrogen-bond donors (Lipinski definition) is 2. The summed E-state index contributed by atoms with van der Waals surface area (Å²) in [5.41, 5.74) is 0. The molecule has 1 amide bonds. The average Bonchev–Trinajstić information content (AvgIpc) is 3.00. The van der Waals surface area contributed by atoms with Crippen LogP contribution in [0.2, 0.25) is 0 Å². The number of rotatable bonds is 2. The van der Waals surface area contributed by atoms with Crippen molar-refractivity contribution in [3.05, 3.63) is 18.2 Å². The van der Waals surface area contributed by atoms with E-state index in [0.717, 1.165) is 0 Å². The highest BCUT2D eigenvalue weighted by atomic mass is 16.6. The van der Waals surface area contributed by atoms with Gasteiger partial charge in [-0.1, -0.05) is 0 Å². The number of nitrogens with one attached hydrogen (secondary N) is 1. The molecule has 0 unspecified atom stereocenters. The number of aromatic nitrogens is 2. The minimum absolute atomic E-state index is 0.239. The van der Waals surface area contributed by atoms with Gasteiger partial charge in [0.15, 0.2) is 5.82 Å². The van der Waals surface area contributed by atoms with Gasteiger partial charge in [0.05, 0.1) is 19.3 Å². The van der Waals surface area contributed by atoms with E-state index in [2.05, 4.69) is 10.3 Å². The van der Waals surface area contributed by atoms with E-state index in [1.807, 2.05) is 0 Å². The van der Waals surface area contributed by atoms with Gasteiger partial charge in [0.2, 0.25) is 0 Å². The van der Waals surface area contributed by atoms with Crippen LogP contribution in [0.1, 0.15) is 10.6 Å². The van der Waals surface area contributed by atoms with E-state index in [1.54, 1.807) is 24.0 Å². The van der Waals surface area contributed by atoms with Gasteiger partial charge in [-0.2, -0.15) is 0 Å². The molecule has 2 aliphatic heterocycles. The molecule has 98 valence electrons. The first-order valence-electron chi connectivity index (χ1n) is 5.86. The van der Waals surface area contributed by atoms with Crippen LogP contribution in [0.3, 0.4) is 0 Å². The highest BCUT2D eigenvalue weighted by Gasteiger charge is 2.47. The number of aliphatic hydroxyl groups excluding tert-OH is 1. The van der Waals surface area contributed by atoms with E-state index >= 15 is 0 Å². The van der Waals surface area contributed by atoms with E-state index in [9.17, 15) is 9.90 Å². The van der Waals surface area contributed by atoms with Gasteiger partial charge in [0.25, 0.3) is 5.91 Å². The Kier molecular flexibility index (Phi) is 2.81. The van der Waals surface area contributed by atoms with Crippen LogP contribution in [0.5, 0.6) is 0 Å². The molecule has 2 fully saturated rings. The van der Waals surface area contributed by atoms with Crippen LogP contribution in [-0.2, 0) is 16.5 Å². The summed E-state index contributed by atoms with van der Waals surface area (Å²) in [4.78, 5) is 16.0. The minimum atomic E-state index is -0.606. The molecule has 0 aliphatic carbocycles. The molecule has 2 saturated heterocycles. The number of imidazole rings is 1. The first-order chi connectivity index (χ1) is 8.66. The zero-order chi connectivity index (χ0) is 12.7. The minimum Gasteiger partial charge on any atom is -0.388 e. The lowest BCUT2D eigenvalue weighted by Crippen LogP contribution is -2.44. The molecule has 2 aliphatic rings. The second-order valence-electron chi connectivity index (χ2n) is 4.60. The molecule has 7 heteroatoms. The fourth-order valence-corrected chi connectivity index (χ4v) is 2.42. The molecular weight excluding hydrogens is 238 g/mol. The molecule has 0 spiro atoms. The van der Waals surface area contributed by atoms with Crippen molar-refractivity contribution in [2.45, 2.75) is 24.4 Å². The van der Waals surface area contributed by atoms with E-state index in [-0.39, 0.29) is 30.8 Å². The maximum atomic E-state index is 12.0. The highest BCUT2D eigenvalue weighted by molar-refractivity contribution is 5.91. The van der Waals surface area contributed by atoms with Crippen LogP contribution in [0, 0.1) is 0 Å². The fourth-order valence-electron chi connectivity index (χ4n) is 2.42. The Morgan fingerprint density at radius 3 is 3.00 bits per heavy atom. The molecule has 0 aromatic carbocycles. The maximum absolute atomic E-state index is 12.0. The number of fused-ring (bicyclic) bond motifs is 1. The molecular formula is C11H15N3O4. The fraction of sp³-hybridized carbons (Fsp3) is 0.636. The summed E-state index contributed by atoms with van der Waals surface area (Å²) in [6, 6.07) is -0.239. The van der Waals surface area contributed by atoms with E-state index in [1.165, 1.54) is 0 Å². The quantitative estimate of drug-likeness (QED) is 0.682. The number of carbonyl (C=O) groups is 1. The monoisotopic (exact) mass is 253 g/mol. The Balaban J connectivity index is 1.68. The molecule has 0 saturated carbocycles. The van der Waals surface area contributed by atoms with Crippen LogP contribution in [0.25, 0.3) is 0 Å². The second-order valence-corrected chi connectivity index (χ2v) is 4.60. The normalized spacial score (nSPS) is 34.6. The third kappa shape index (κ3) is 1.80. The van der Waals surface area contributed by atoms with Crippen LogP contribution >= 0.6 is 0 Å². The summed E-state index contributed by atoms with van der Waals surface area (Å²) >= 11 is 0. The van der Waals surface area contributed by atoms with Crippen molar-refractivity contribution in [2.24, 2.45) is 7.05 Å². The smallest absolute Gasteiger partial charge is 0.287 e. The SMILES string of the molecule is Cn1ccnc1C(=O)N[C@@H]1CO[C@H]2[C@@H]1OC[C@H]2O. The van der Waals surface area contributed by atoms with Gasteiger partial charge in [-0.15, -0.1) is 0 Å². The molecule has 4 atom stereocenters. The number of ether oxygens (including phenoxy) is 2. The van der Waals surface area contributed by atoms with Crippen molar-refractivity contribution >= 4 is 5.91 Å².